The summed E-state index contributed by atoms with van der Waals surface area (Å²) in [6, 6.07) is 19.9. The molecule has 2 aliphatic rings. The van der Waals surface area contributed by atoms with Crippen LogP contribution in [0.2, 0.25) is 0 Å². The lowest BCUT2D eigenvalue weighted by atomic mass is 9.73. The molecule has 2 aliphatic carbocycles. The van der Waals surface area contributed by atoms with Crippen LogP contribution in [0.15, 0.2) is 78.9 Å². The third kappa shape index (κ3) is 2.20. The van der Waals surface area contributed by atoms with Crippen molar-refractivity contribution in [1.82, 2.24) is 0 Å². The number of methoxy groups -OCH3 is 1. The van der Waals surface area contributed by atoms with E-state index in [0.29, 0.717) is 12.0 Å². The molecule has 0 radical (unpaired) electrons. The molecule has 3 heteroatoms. The summed E-state index contributed by atoms with van der Waals surface area (Å²) in [5, 5.41) is 0. The van der Waals surface area contributed by atoms with Crippen molar-refractivity contribution >= 4 is 17.3 Å². The summed E-state index contributed by atoms with van der Waals surface area (Å²) >= 11 is 0. The maximum absolute atomic E-state index is 13.1. The number of carbonyl (C=O) groups excluding carboxylic acids is 2. The zero-order valence-electron chi connectivity index (χ0n) is 14.6. The molecular formula is C23H20O3. The fourth-order valence-electron chi connectivity index (χ4n) is 4.52. The fraction of sp³-hybridized carbons (Fsp3) is 0.217. The molecular weight excluding hydrogens is 324 g/mol. The third-order valence-electron chi connectivity index (χ3n) is 5.76. The van der Waals surface area contributed by atoms with Gasteiger partial charge in [0.25, 0.3) is 0 Å². The number of ketones is 1. The molecule has 0 amide bonds. The molecule has 2 bridgehead atoms. The van der Waals surface area contributed by atoms with E-state index in [1.165, 1.54) is 7.11 Å². The van der Waals surface area contributed by atoms with Gasteiger partial charge in [-0.25, -0.2) is 0 Å². The quantitative estimate of drug-likeness (QED) is 0.477. The molecule has 2 aromatic rings. The van der Waals surface area contributed by atoms with Crippen LogP contribution < -0.4 is 0 Å². The Balaban J connectivity index is 1.91. The summed E-state index contributed by atoms with van der Waals surface area (Å²) in [4.78, 5) is 25.8. The smallest absolute Gasteiger partial charge is 0.323 e. The molecule has 1 saturated carbocycles. The number of ether oxygens (including phenoxy) is 1. The second kappa shape index (κ2) is 6.10. The van der Waals surface area contributed by atoms with Gasteiger partial charge in [-0.15, -0.1) is 0 Å². The highest BCUT2D eigenvalue weighted by Gasteiger charge is 2.61. The van der Waals surface area contributed by atoms with Crippen LogP contribution in [0.1, 0.15) is 23.5 Å². The Labute approximate surface area is 153 Å². The molecule has 0 N–H and O–H groups in total. The van der Waals surface area contributed by atoms with Crippen molar-refractivity contribution < 1.29 is 14.3 Å². The number of rotatable bonds is 3. The van der Waals surface area contributed by atoms with Gasteiger partial charge in [-0.1, -0.05) is 67.2 Å². The zero-order valence-corrected chi connectivity index (χ0v) is 14.6. The van der Waals surface area contributed by atoms with Crippen molar-refractivity contribution in [2.75, 3.05) is 7.11 Å². The van der Waals surface area contributed by atoms with E-state index in [1.807, 2.05) is 60.7 Å². The van der Waals surface area contributed by atoms with Crippen molar-refractivity contribution in [3.8, 4) is 0 Å². The Morgan fingerprint density at radius 2 is 1.69 bits per heavy atom. The number of fused-ring (bicyclic) bond motifs is 2. The minimum absolute atomic E-state index is 0.0177. The summed E-state index contributed by atoms with van der Waals surface area (Å²) in [5.74, 6) is -0.792. The van der Waals surface area contributed by atoms with Crippen molar-refractivity contribution in [1.29, 1.82) is 0 Å². The van der Waals surface area contributed by atoms with Gasteiger partial charge in [0, 0.05) is 5.92 Å². The second-order valence-electron chi connectivity index (χ2n) is 6.95. The number of hydrogen-bond donors (Lipinski definition) is 0. The number of benzene rings is 2. The fourth-order valence-corrected chi connectivity index (χ4v) is 4.52. The Bertz CT molecular complexity index is 911. The maximum atomic E-state index is 13.1. The number of carbonyl (C=O) groups is 2. The van der Waals surface area contributed by atoms with Crippen LogP contribution in [0.3, 0.4) is 0 Å². The van der Waals surface area contributed by atoms with Gasteiger partial charge >= 0.3 is 5.97 Å². The van der Waals surface area contributed by atoms with Gasteiger partial charge in [-0.05, 0) is 40.7 Å². The van der Waals surface area contributed by atoms with Crippen molar-refractivity contribution in [3.63, 3.8) is 0 Å². The van der Waals surface area contributed by atoms with E-state index >= 15 is 0 Å². The first-order valence-corrected chi connectivity index (χ1v) is 8.73. The molecule has 3 nitrogen and oxygen atoms in total. The van der Waals surface area contributed by atoms with Gasteiger partial charge in [-0.2, -0.15) is 0 Å². The topological polar surface area (TPSA) is 43.4 Å². The van der Waals surface area contributed by atoms with E-state index in [0.717, 1.165) is 16.7 Å². The Kier molecular flexibility index (Phi) is 3.87. The normalized spacial score (nSPS) is 27.2. The second-order valence-corrected chi connectivity index (χ2v) is 6.95. The Morgan fingerprint density at radius 1 is 1.08 bits per heavy atom. The molecule has 26 heavy (non-hydrogen) atoms. The molecule has 0 heterocycles. The molecule has 3 atom stereocenters. The molecule has 0 aromatic heterocycles. The number of allylic oxidation sites excluding steroid dienone is 2. The van der Waals surface area contributed by atoms with E-state index in [2.05, 4.69) is 6.58 Å². The summed E-state index contributed by atoms with van der Waals surface area (Å²) in [6.45, 7) is 4.22. The van der Waals surface area contributed by atoms with Gasteiger partial charge in [0.05, 0.1) is 7.11 Å². The van der Waals surface area contributed by atoms with E-state index in [4.69, 9.17) is 4.74 Å². The van der Waals surface area contributed by atoms with Crippen molar-refractivity contribution in [2.45, 2.75) is 12.3 Å². The van der Waals surface area contributed by atoms with Crippen LogP contribution in [0, 0.1) is 11.3 Å². The lowest BCUT2D eigenvalue weighted by Gasteiger charge is -2.28. The Hall–Kier alpha value is -2.94. The average Bonchev–Trinajstić information content (AvgIpc) is 2.96. The monoisotopic (exact) mass is 344 g/mol. The summed E-state index contributed by atoms with van der Waals surface area (Å²) in [7, 11) is 1.33. The van der Waals surface area contributed by atoms with Gasteiger partial charge in [0.15, 0.2) is 11.2 Å². The SMILES string of the molecule is C=C1C(c2ccccc2)C2CC1(C(=O)OC)C(=O)C=C2c1ccccc1. The van der Waals surface area contributed by atoms with E-state index in [-0.39, 0.29) is 17.6 Å². The zero-order chi connectivity index (χ0) is 18.3. The molecule has 3 unspecified atom stereocenters. The van der Waals surface area contributed by atoms with Gasteiger partial charge in [0.2, 0.25) is 0 Å². The van der Waals surface area contributed by atoms with Crippen molar-refractivity contribution in [2.24, 2.45) is 11.3 Å². The van der Waals surface area contributed by atoms with E-state index in [9.17, 15) is 9.59 Å². The highest BCUT2D eigenvalue weighted by molar-refractivity contribution is 6.17. The predicted octanol–water partition coefficient (Wildman–Crippen LogP) is 4.17. The van der Waals surface area contributed by atoms with E-state index < -0.39 is 11.4 Å². The largest absolute Gasteiger partial charge is 0.468 e. The van der Waals surface area contributed by atoms with Crippen molar-refractivity contribution in [3.05, 3.63) is 90.0 Å². The third-order valence-corrected chi connectivity index (χ3v) is 5.76. The number of hydrogen-bond acceptors (Lipinski definition) is 3. The maximum Gasteiger partial charge on any atom is 0.323 e. The standard InChI is InChI=1S/C23H20O3/c1-15-21(17-11-7-4-8-12-17)19-14-23(15,22(25)26-2)20(24)13-18(19)16-9-5-3-6-10-16/h3-13,19,21H,1,14H2,2H3. The summed E-state index contributed by atoms with van der Waals surface area (Å²) in [6.07, 6.45) is 2.05. The van der Waals surface area contributed by atoms with Crippen LogP contribution >= 0.6 is 0 Å². The van der Waals surface area contributed by atoms with Gasteiger partial charge in [0.1, 0.15) is 0 Å². The predicted molar refractivity (Wildman–Crippen MR) is 100 cm³/mol. The minimum atomic E-state index is -1.27. The lowest BCUT2D eigenvalue weighted by molar-refractivity contribution is -0.154. The first kappa shape index (κ1) is 16.5. The minimum Gasteiger partial charge on any atom is -0.468 e. The molecule has 0 saturated heterocycles. The molecule has 130 valence electrons. The molecule has 0 aliphatic heterocycles. The van der Waals surface area contributed by atoms with E-state index in [1.54, 1.807) is 6.08 Å². The highest BCUT2D eigenvalue weighted by Crippen LogP contribution is 2.61. The Morgan fingerprint density at radius 3 is 2.31 bits per heavy atom. The molecule has 2 aromatic carbocycles. The van der Waals surface area contributed by atoms with Gasteiger partial charge in [-0.3, -0.25) is 9.59 Å². The van der Waals surface area contributed by atoms with Crippen LogP contribution in [0.5, 0.6) is 0 Å². The summed E-state index contributed by atoms with van der Waals surface area (Å²) < 4.78 is 5.03. The first-order chi connectivity index (χ1) is 12.6. The van der Waals surface area contributed by atoms with Crippen LogP contribution in [-0.2, 0) is 14.3 Å². The van der Waals surface area contributed by atoms with Crippen LogP contribution in [0.4, 0.5) is 0 Å². The molecule has 4 rings (SSSR count). The molecule has 0 spiro atoms. The van der Waals surface area contributed by atoms with Crippen LogP contribution in [-0.4, -0.2) is 18.9 Å². The molecule has 1 fully saturated rings. The van der Waals surface area contributed by atoms with Crippen LogP contribution in [0.25, 0.3) is 5.57 Å². The lowest BCUT2D eigenvalue weighted by Crippen LogP contribution is -2.40. The number of esters is 1. The van der Waals surface area contributed by atoms with Gasteiger partial charge < -0.3 is 4.74 Å². The first-order valence-electron chi connectivity index (χ1n) is 8.73. The highest BCUT2D eigenvalue weighted by atomic mass is 16.5. The summed E-state index contributed by atoms with van der Waals surface area (Å²) in [5.41, 5.74) is 2.44. The average molecular weight is 344 g/mol.